The molecule has 80 valence electrons. The highest BCUT2D eigenvalue weighted by atomic mass is 16.3. The highest BCUT2D eigenvalue weighted by molar-refractivity contribution is 5.80. The van der Waals surface area contributed by atoms with E-state index in [1.54, 1.807) is 0 Å². The van der Waals surface area contributed by atoms with E-state index >= 15 is 0 Å². The van der Waals surface area contributed by atoms with Crippen molar-refractivity contribution < 1.29 is 9.52 Å². The predicted molar refractivity (Wildman–Crippen MR) is 59.9 cm³/mol. The van der Waals surface area contributed by atoms with Crippen LogP contribution in [0.2, 0.25) is 0 Å². The largest absolute Gasteiger partial charge is 0.464 e. The summed E-state index contributed by atoms with van der Waals surface area (Å²) >= 11 is 0. The van der Waals surface area contributed by atoms with E-state index < -0.39 is 0 Å². The van der Waals surface area contributed by atoms with Gasteiger partial charge < -0.3 is 14.8 Å². The second kappa shape index (κ2) is 4.96. The topological polar surface area (TPSA) is 45.4 Å². The second-order valence-electron chi connectivity index (χ2n) is 3.48. The van der Waals surface area contributed by atoms with Crippen LogP contribution in [0.5, 0.6) is 0 Å². The van der Waals surface area contributed by atoms with Crippen LogP contribution in [0.25, 0.3) is 11.0 Å². The molecule has 0 fully saturated rings. The quantitative estimate of drug-likeness (QED) is 0.728. The molecule has 0 aliphatic rings. The molecule has 0 bridgehead atoms. The van der Waals surface area contributed by atoms with E-state index in [9.17, 15) is 0 Å². The van der Waals surface area contributed by atoms with Gasteiger partial charge in [-0.15, -0.1) is 0 Å². The van der Waals surface area contributed by atoms with Gasteiger partial charge in [0.25, 0.3) is 0 Å². The van der Waals surface area contributed by atoms with Gasteiger partial charge in [0.15, 0.2) is 0 Å². The van der Waals surface area contributed by atoms with Crippen molar-refractivity contribution in [1.29, 1.82) is 0 Å². The Hall–Kier alpha value is -1.32. The van der Waals surface area contributed by atoms with Crippen LogP contribution in [0.4, 0.5) is 0 Å². The minimum atomic E-state index is 0.187. The van der Waals surface area contributed by atoms with Crippen LogP contribution in [-0.4, -0.2) is 24.8 Å². The summed E-state index contributed by atoms with van der Waals surface area (Å²) in [5.41, 5.74) is 2.16. The van der Waals surface area contributed by atoms with Gasteiger partial charge in [-0.05, 0) is 24.6 Å². The highest BCUT2D eigenvalue weighted by Crippen LogP contribution is 2.20. The molecule has 1 aromatic carbocycles. The minimum absolute atomic E-state index is 0.187. The van der Waals surface area contributed by atoms with E-state index in [0.717, 1.165) is 18.5 Å². The van der Waals surface area contributed by atoms with Gasteiger partial charge in [-0.25, -0.2) is 0 Å². The van der Waals surface area contributed by atoms with Crippen molar-refractivity contribution in [1.82, 2.24) is 5.32 Å². The third-order valence-electron chi connectivity index (χ3n) is 2.42. The molecule has 0 saturated carbocycles. The Kier molecular flexibility index (Phi) is 3.37. The number of furan rings is 1. The maximum Gasteiger partial charge on any atom is 0.134 e. The number of hydrogen-bond acceptors (Lipinski definition) is 3. The number of hydrogen-bond donors (Lipinski definition) is 2. The van der Waals surface area contributed by atoms with Crippen LogP contribution in [-0.2, 0) is 6.42 Å². The van der Waals surface area contributed by atoms with Crippen LogP contribution in [0.1, 0.15) is 5.56 Å². The molecule has 0 spiro atoms. The van der Waals surface area contributed by atoms with Crippen LogP contribution < -0.4 is 5.32 Å². The Bertz CT molecular complexity index is 422. The van der Waals surface area contributed by atoms with E-state index in [0.29, 0.717) is 6.54 Å². The van der Waals surface area contributed by atoms with Gasteiger partial charge in [0.2, 0.25) is 0 Å². The highest BCUT2D eigenvalue weighted by Gasteiger charge is 2.03. The van der Waals surface area contributed by atoms with E-state index in [-0.39, 0.29) is 6.61 Å². The molecular formula is C12H15NO2. The lowest BCUT2D eigenvalue weighted by molar-refractivity contribution is 0.293. The molecule has 0 atom stereocenters. The molecule has 3 heteroatoms. The lowest BCUT2D eigenvalue weighted by atomic mass is 10.1. The molecule has 2 aromatic rings. The first-order valence-corrected chi connectivity index (χ1v) is 5.18. The molecule has 1 aromatic heterocycles. The van der Waals surface area contributed by atoms with Gasteiger partial charge in [0.1, 0.15) is 5.58 Å². The second-order valence-corrected chi connectivity index (χ2v) is 3.48. The lowest BCUT2D eigenvalue weighted by Crippen LogP contribution is -2.20. The first kappa shape index (κ1) is 10.2. The van der Waals surface area contributed by atoms with Crippen molar-refractivity contribution in [3.8, 4) is 0 Å². The Morgan fingerprint density at radius 3 is 2.93 bits per heavy atom. The van der Waals surface area contributed by atoms with Gasteiger partial charge >= 0.3 is 0 Å². The number of fused-ring (bicyclic) bond motifs is 1. The molecule has 2 rings (SSSR count). The molecule has 0 aliphatic carbocycles. The maximum absolute atomic E-state index is 8.61. The summed E-state index contributed by atoms with van der Waals surface area (Å²) in [5, 5.41) is 12.9. The zero-order valence-corrected chi connectivity index (χ0v) is 8.57. The van der Waals surface area contributed by atoms with E-state index in [2.05, 4.69) is 11.4 Å². The molecule has 0 unspecified atom stereocenters. The fourth-order valence-corrected chi connectivity index (χ4v) is 1.65. The molecule has 0 aliphatic heterocycles. The van der Waals surface area contributed by atoms with Crippen molar-refractivity contribution in [2.24, 2.45) is 0 Å². The van der Waals surface area contributed by atoms with E-state index in [1.165, 1.54) is 10.9 Å². The molecule has 0 amide bonds. The molecular weight excluding hydrogens is 190 g/mol. The summed E-state index contributed by atoms with van der Waals surface area (Å²) in [6.07, 6.45) is 2.74. The van der Waals surface area contributed by atoms with Crippen molar-refractivity contribution in [2.75, 3.05) is 19.7 Å². The minimum Gasteiger partial charge on any atom is -0.464 e. The van der Waals surface area contributed by atoms with E-state index in [1.807, 2.05) is 24.5 Å². The Balaban J connectivity index is 2.02. The molecule has 1 heterocycles. The van der Waals surface area contributed by atoms with E-state index in [4.69, 9.17) is 9.52 Å². The summed E-state index contributed by atoms with van der Waals surface area (Å²) in [6.45, 7) is 1.70. The number of aliphatic hydroxyl groups is 1. The van der Waals surface area contributed by atoms with Crippen molar-refractivity contribution in [3.05, 3.63) is 36.1 Å². The summed E-state index contributed by atoms with van der Waals surface area (Å²) in [5.74, 6) is 0. The van der Waals surface area contributed by atoms with Crippen LogP contribution in [0.15, 0.2) is 34.9 Å². The Morgan fingerprint density at radius 1 is 1.20 bits per heavy atom. The average molecular weight is 205 g/mol. The zero-order chi connectivity index (χ0) is 10.5. The predicted octanol–water partition coefficient (Wildman–Crippen LogP) is 1.56. The fraction of sp³-hybridized carbons (Fsp3) is 0.333. The van der Waals surface area contributed by atoms with Gasteiger partial charge in [0.05, 0.1) is 12.9 Å². The van der Waals surface area contributed by atoms with Crippen LogP contribution in [0.3, 0.4) is 0 Å². The summed E-state index contributed by atoms with van der Waals surface area (Å²) in [4.78, 5) is 0. The first-order valence-electron chi connectivity index (χ1n) is 5.18. The van der Waals surface area contributed by atoms with Gasteiger partial charge in [0, 0.05) is 11.9 Å². The van der Waals surface area contributed by atoms with Crippen molar-refractivity contribution in [2.45, 2.75) is 6.42 Å². The lowest BCUT2D eigenvalue weighted by Gasteiger charge is -2.00. The molecule has 2 N–H and O–H groups in total. The monoisotopic (exact) mass is 205 g/mol. The molecule has 3 nitrogen and oxygen atoms in total. The third kappa shape index (κ3) is 2.37. The summed E-state index contributed by atoms with van der Waals surface area (Å²) in [7, 11) is 0. The van der Waals surface area contributed by atoms with Gasteiger partial charge in [-0.2, -0.15) is 0 Å². The van der Waals surface area contributed by atoms with Gasteiger partial charge in [-0.3, -0.25) is 0 Å². The van der Waals surface area contributed by atoms with Crippen molar-refractivity contribution >= 4 is 11.0 Å². The maximum atomic E-state index is 8.61. The molecule has 15 heavy (non-hydrogen) atoms. The van der Waals surface area contributed by atoms with Crippen molar-refractivity contribution in [3.63, 3.8) is 0 Å². The molecule has 0 saturated heterocycles. The average Bonchev–Trinajstić information content (AvgIpc) is 2.68. The Morgan fingerprint density at radius 2 is 2.07 bits per heavy atom. The number of aliphatic hydroxyl groups excluding tert-OH is 1. The fourth-order valence-electron chi connectivity index (χ4n) is 1.65. The first-order chi connectivity index (χ1) is 7.42. The SMILES string of the molecule is OCCNCCc1coc2ccccc12. The zero-order valence-electron chi connectivity index (χ0n) is 8.57. The number of benzene rings is 1. The van der Waals surface area contributed by atoms with Crippen LogP contribution >= 0.6 is 0 Å². The van der Waals surface area contributed by atoms with Gasteiger partial charge in [-0.1, -0.05) is 18.2 Å². The third-order valence-corrected chi connectivity index (χ3v) is 2.42. The van der Waals surface area contributed by atoms with Crippen LogP contribution in [0, 0.1) is 0 Å². The summed E-state index contributed by atoms with van der Waals surface area (Å²) in [6, 6.07) is 8.03. The smallest absolute Gasteiger partial charge is 0.134 e. The summed E-state index contributed by atoms with van der Waals surface area (Å²) < 4.78 is 5.43. The molecule has 0 radical (unpaired) electrons. The number of rotatable bonds is 5. The Labute approximate surface area is 88.7 Å². The standard InChI is InChI=1S/C12H15NO2/c14-8-7-13-6-5-10-9-15-12-4-2-1-3-11(10)12/h1-4,9,13-14H,5-8H2. The normalized spacial score (nSPS) is 11.0. The number of nitrogens with one attached hydrogen (secondary N) is 1. The number of para-hydroxylation sites is 1.